The summed E-state index contributed by atoms with van der Waals surface area (Å²) in [5.41, 5.74) is 3.62. The number of para-hydroxylation sites is 1. The number of aliphatic hydroxyl groups excluding tert-OH is 1. The first-order valence-electron chi connectivity index (χ1n) is 7.83. The van der Waals surface area contributed by atoms with Gasteiger partial charge in [-0.05, 0) is 56.0 Å². The number of aliphatic hydroxyl groups is 1. The van der Waals surface area contributed by atoms with E-state index in [1.54, 1.807) is 0 Å². The predicted molar refractivity (Wildman–Crippen MR) is 90.0 cm³/mol. The minimum absolute atomic E-state index is 0.159. The summed E-state index contributed by atoms with van der Waals surface area (Å²) in [4.78, 5) is 0. The van der Waals surface area contributed by atoms with Crippen LogP contribution >= 0.6 is 0 Å². The van der Waals surface area contributed by atoms with E-state index in [2.05, 4.69) is 41.7 Å². The molecule has 0 aliphatic heterocycles. The fourth-order valence-electron chi connectivity index (χ4n) is 2.39. The van der Waals surface area contributed by atoms with Crippen LogP contribution in [0.15, 0.2) is 54.6 Å². The summed E-state index contributed by atoms with van der Waals surface area (Å²) in [6.07, 6.45) is 5.37. The van der Waals surface area contributed by atoms with Gasteiger partial charge in [-0.3, -0.25) is 0 Å². The number of nitrogens with one attached hydrogen (secondary N) is 1. The lowest BCUT2D eigenvalue weighted by molar-refractivity contribution is 0.180. The van der Waals surface area contributed by atoms with Crippen LogP contribution in [0.2, 0.25) is 0 Å². The molecular formula is C19H25NO. The Labute approximate surface area is 127 Å². The summed E-state index contributed by atoms with van der Waals surface area (Å²) < 4.78 is 0. The lowest BCUT2D eigenvalue weighted by Crippen LogP contribution is -1.98. The smallest absolute Gasteiger partial charge is 0.0512 e. The van der Waals surface area contributed by atoms with Gasteiger partial charge in [0.25, 0.3) is 0 Å². The summed E-state index contributed by atoms with van der Waals surface area (Å²) in [5.74, 6) is 0. The molecule has 0 aromatic heterocycles. The summed E-state index contributed by atoms with van der Waals surface area (Å²) in [7, 11) is 0. The second-order valence-corrected chi connectivity index (χ2v) is 5.64. The Morgan fingerprint density at radius 3 is 2.19 bits per heavy atom. The summed E-state index contributed by atoms with van der Waals surface area (Å²) >= 11 is 0. The number of unbranched alkanes of at least 4 members (excludes halogenated alkanes) is 2. The molecule has 2 N–H and O–H groups in total. The molecule has 0 fully saturated rings. The fourth-order valence-corrected chi connectivity index (χ4v) is 2.39. The zero-order valence-electron chi connectivity index (χ0n) is 12.8. The highest BCUT2D eigenvalue weighted by Crippen LogP contribution is 2.17. The molecule has 0 saturated heterocycles. The minimum atomic E-state index is -0.159. The van der Waals surface area contributed by atoms with Crippen molar-refractivity contribution < 1.29 is 5.11 Å². The molecule has 21 heavy (non-hydrogen) atoms. The molecule has 0 amide bonds. The molecule has 2 aromatic carbocycles. The van der Waals surface area contributed by atoms with Crippen LogP contribution < -0.4 is 5.32 Å². The molecule has 112 valence electrons. The Bertz CT molecular complexity index is 505. The van der Waals surface area contributed by atoms with Gasteiger partial charge in [-0.15, -0.1) is 0 Å². The van der Waals surface area contributed by atoms with E-state index >= 15 is 0 Å². The van der Waals surface area contributed by atoms with Crippen molar-refractivity contribution in [3.8, 4) is 0 Å². The van der Waals surface area contributed by atoms with Crippen molar-refractivity contribution in [3.05, 3.63) is 60.2 Å². The molecule has 0 spiro atoms. The number of rotatable bonds is 8. The molecule has 2 rings (SSSR count). The summed E-state index contributed by atoms with van der Waals surface area (Å²) in [5, 5.41) is 12.6. The largest absolute Gasteiger partial charge is 0.393 e. The third-order valence-corrected chi connectivity index (χ3v) is 3.60. The second-order valence-electron chi connectivity index (χ2n) is 5.64. The molecule has 0 bridgehead atoms. The maximum absolute atomic E-state index is 9.21. The van der Waals surface area contributed by atoms with E-state index in [-0.39, 0.29) is 6.10 Å². The Balaban J connectivity index is 1.74. The molecule has 2 aromatic rings. The third-order valence-electron chi connectivity index (χ3n) is 3.60. The lowest BCUT2D eigenvalue weighted by atomic mass is 10.0. The Morgan fingerprint density at radius 1 is 0.857 bits per heavy atom. The molecule has 0 aliphatic rings. The van der Waals surface area contributed by atoms with E-state index in [0.29, 0.717) is 0 Å². The van der Waals surface area contributed by atoms with Gasteiger partial charge in [0.1, 0.15) is 0 Å². The molecule has 0 radical (unpaired) electrons. The van der Waals surface area contributed by atoms with Crippen LogP contribution in [-0.4, -0.2) is 11.2 Å². The van der Waals surface area contributed by atoms with Crippen molar-refractivity contribution in [3.63, 3.8) is 0 Å². The highest BCUT2D eigenvalue weighted by molar-refractivity contribution is 5.59. The number of anilines is 2. The van der Waals surface area contributed by atoms with E-state index < -0.39 is 0 Å². The molecule has 0 aliphatic carbocycles. The van der Waals surface area contributed by atoms with E-state index in [9.17, 15) is 5.11 Å². The van der Waals surface area contributed by atoms with Crippen LogP contribution in [-0.2, 0) is 6.42 Å². The van der Waals surface area contributed by atoms with Gasteiger partial charge in [-0.1, -0.05) is 43.2 Å². The van der Waals surface area contributed by atoms with Crippen molar-refractivity contribution in [2.24, 2.45) is 0 Å². The maximum Gasteiger partial charge on any atom is 0.0512 e. The van der Waals surface area contributed by atoms with Crippen LogP contribution in [0.1, 0.15) is 38.2 Å². The standard InChI is InChI=1S/C19H25NO/c1-16(21)8-4-2-5-9-17-12-14-19(15-13-17)20-18-10-6-3-7-11-18/h3,6-7,10-16,20-21H,2,4-5,8-9H2,1H3. The molecule has 2 nitrogen and oxygen atoms in total. The van der Waals surface area contributed by atoms with Crippen LogP contribution in [0.25, 0.3) is 0 Å². The number of aryl methyl sites for hydroxylation is 1. The third kappa shape index (κ3) is 6.01. The molecule has 0 saturated carbocycles. The average Bonchev–Trinajstić information content (AvgIpc) is 2.49. The number of hydrogen-bond donors (Lipinski definition) is 2. The van der Waals surface area contributed by atoms with Gasteiger partial charge >= 0.3 is 0 Å². The summed E-state index contributed by atoms with van der Waals surface area (Å²) in [6, 6.07) is 18.9. The number of benzene rings is 2. The molecular weight excluding hydrogens is 258 g/mol. The van der Waals surface area contributed by atoms with Crippen molar-refractivity contribution >= 4 is 11.4 Å². The first-order valence-corrected chi connectivity index (χ1v) is 7.83. The van der Waals surface area contributed by atoms with Gasteiger partial charge < -0.3 is 10.4 Å². The zero-order chi connectivity index (χ0) is 14.9. The van der Waals surface area contributed by atoms with E-state index in [0.717, 1.165) is 30.6 Å². The molecule has 1 unspecified atom stereocenters. The normalized spacial score (nSPS) is 12.1. The van der Waals surface area contributed by atoms with Gasteiger partial charge in [0, 0.05) is 11.4 Å². The second kappa shape index (κ2) is 8.48. The average molecular weight is 283 g/mol. The molecule has 0 heterocycles. The fraction of sp³-hybridized carbons (Fsp3) is 0.368. The van der Waals surface area contributed by atoms with Gasteiger partial charge in [0.05, 0.1) is 6.10 Å². The SMILES string of the molecule is CC(O)CCCCCc1ccc(Nc2ccccc2)cc1. The monoisotopic (exact) mass is 283 g/mol. The Kier molecular flexibility index (Phi) is 6.29. The van der Waals surface area contributed by atoms with E-state index in [4.69, 9.17) is 0 Å². The van der Waals surface area contributed by atoms with Gasteiger partial charge in [-0.2, -0.15) is 0 Å². The first-order chi connectivity index (χ1) is 10.2. The number of hydrogen-bond acceptors (Lipinski definition) is 2. The van der Waals surface area contributed by atoms with Crippen LogP contribution in [0, 0.1) is 0 Å². The van der Waals surface area contributed by atoms with Crippen molar-refractivity contribution in [1.29, 1.82) is 0 Å². The topological polar surface area (TPSA) is 32.3 Å². The Hall–Kier alpha value is -1.80. The summed E-state index contributed by atoms with van der Waals surface area (Å²) in [6.45, 7) is 1.86. The van der Waals surface area contributed by atoms with E-state index in [1.165, 1.54) is 18.4 Å². The highest BCUT2D eigenvalue weighted by atomic mass is 16.3. The predicted octanol–water partition coefficient (Wildman–Crippen LogP) is 4.91. The maximum atomic E-state index is 9.21. The van der Waals surface area contributed by atoms with Crippen molar-refractivity contribution in [2.45, 2.75) is 45.1 Å². The van der Waals surface area contributed by atoms with Gasteiger partial charge in [0.2, 0.25) is 0 Å². The molecule has 1 atom stereocenters. The van der Waals surface area contributed by atoms with Crippen LogP contribution in [0.5, 0.6) is 0 Å². The van der Waals surface area contributed by atoms with Crippen molar-refractivity contribution in [2.75, 3.05) is 5.32 Å². The quantitative estimate of drug-likeness (QED) is 0.674. The molecule has 2 heteroatoms. The zero-order valence-corrected chi connectivity index (χ0v) is 12.8. The van der Waals surface area contributed by atoms with Gasteiger partial charge in [0.15, 0.2) is 0 Å². The first kappa shape index (κ1) is 15.6. The van der Waals surface area contributed by atoms with Crippen molar-refractivity contribution in [1.82, 2.24) is 0 Å². The van der Waals surface area contributed by atoms with Gasteiger partial charge in [-0.25, -0.2) is 0 Å². The highest BCUT2D eigenvalue weighted by Gasteiger charge is 1.98. The van der Waals surface area contributed by atoms with E-state index in [1.807, 2.05) is 25.1 Å². The minimum Gasteiger partial charge on any atom is -0.393 e. The van der Waals surface area contributed by atoms with Crippen LogP contribution in [0.4, 0.5) is 11.4 Å². The van der Waals surface area contributed by atoms with Crippen LogP contribution in [0.3, 0.4) is 0 Å². The Morgan fingerprint density at radius 2 is 1.52 bits per heavy atom. The lowest BCUT2D eigenvalue weighted by Gasteiger charge is -2.08.